The summed E-state index contributed by atoms with van der Waals surface area (Å²) in [5.74, 6) is -0.0768. The van der Waals surface area contributed by atoms with Gasteiger partial charge < -0.3 is 20.3 Å². The Morgan fingerprint density at radius 2 is 2.05 bits per heavy atom. The second kappa shape index (κ2) is 6.75. The molecule has 0 unspecified atom stereocenters. The molecule has 0 aliphatic carbocycles. The van der Waals surface area contributed by atoms with Gasteiger partial charge in [0.25, 0.3) is 5.91 Å². The second-order valence-electron chi connectivity index (χ2n) is 4.25. The van der Waals surface area contributed by atoms with Gasteiger partial charge in [-0.15, -0.1) is 0 Å². The zero-order valence-electron chi connectivity index (χ0n) is 10.9. The first-order valence-corrected chi connectivity index (χ1v) is 6.27. The molecule has 0 bridgehead atoms. The summed E-state index contributed by atoms with van der Waals surface area (Å²) in [7, 11) is 1.45. The van der Waals surface area contributed by atoms with Crippen molar-refractivity contribution in [2.45, 2.75) is 18.9 Å². The number of hydrogen-bond acceptors (Lipinski definition) is 4. The van der Waals surface area contributed by atoms with Crippen LogP contribution in [-0.2, 0) is 0 Å². The Hall–Kier alpha value is -1.30. The molecule has 1 aromatic carbocycles. The van der Waals surface area contributed by atoms with Crippen molar-refractivity contribution in [3.05, 3.63) is 28.8 Å². The SMILES string of the molecule is CCC(CO)(CO)NC(=O)c1cc(Cl)ccc1OC. The molecular formula is C13H18ClNO4. The number of carbonyl (C=O) groups excluding carboxylic acids is 1. The largest absolute Gasteiger partial charge is 0.496 e. The molecule has 0 saturated carbocycles. The van der Waals surface area contributed by atoms with Gasteiger partial charge in [0.2, 0.25) is 0 Å². The summed E-state index contributed by atoms with van der Waals surface area (Å²) < 4.78 is 5.09. The number of halogens is 1. The van der Waals surface area contributed by atoms with Crippen LogP contribution in [0.25, 0.3) is 0 Å². The standard InChI is InChI=1S/C13H18ClNO4/c1-3-13(7-16,8-17)15-12(18)10-6-9(14)4-5-11(10)19-2/h4-6,16-17H,3,7-8H2,1-2H3,(H,15,18). The van der Waals surface area contributed by atoms with Gasteiger partial charge in [0.1, 0.15) is 5.75 Å². The van der Waals surface area contributed by atoms with E-state index >= 15 is 0 Å². The second-order valence-corrected chi connectivity index (χ2v) is 4.69. The molecule has 0 saturated heterocycles. The Kier molecular flexibility index (Phi) is 5.60. The van der Waals surface area contributed by atoms with Crippen molar-refractivity contribution >= 4 is 17.5 Å². The number of ether oxygens (including phenoxy) is 1. The van der Waals surface area contributed by atoms with Gasteiger partial charge in [-0.3, -0.25) is 4.79 Å². The van der Waals surface area contributed by atoms with Gasteiger partial charge in [0, 0.05) is 5.02 Å². The van der Waals surface area contributed by atoms with Crippen molar-refractivity contribution in [2.24, 2.45) is 0 Å². The smallest absolute Gasteiger partial charge is 0.255 e. The van der Waals surface area contributed by atoms with E-state index in [0.29, 0.717) is 17.2 Å². The van der Waals surface area contributed by atoms with Gasteiger partial charge >= 0.3 is 0 Å². The normalized spacial score (nSPS) is 11.2. The van der Waals surface area contributed by atoms with E-state index in [2.05, 4.69) is 5.32 Å². The highest BCUT2D eigenvalue weighted by Gasteiger charge is 2.29. The van der Waals surface area contributed by atoms with Crippen molar-refractivity contribution in [2.75, 3.05) is 20.3 Å². The van der Waals surface area contributed by atoms with Crippen LogP contribution in [0.3, 0.4) is 0 Å². The molecule has 1 aromatic rings. The van der Waals surface area contributed by atoms with Crippen LogP contribution in [0.1, 0.15) is 23.7 Å². The fraction of sp³-hybridized carbons (Fsp3) is 0.462. The van der Waals surface area contributed by atoms with Crippen molar-refractivity contribution in [3.63, 3.8) is 0 Å². The lowest BCUT2D eigenvalue weighted by Gasteiger charge is -2.29. The molecule has 0 aromatic heterocycles. The van der Waals surface area contributed by atoms with Crippen LogP contribution in [0.5, 0.6) is 5.75 Å². The molecule has 106 valence electrons. The minimum absolute atomic E-state index is 0.259. The predicted octanol–water partition coefficient (Wildman–Crippen LogP) is 1.21. The van der Waals surface area contributed by atoms with E-state index in [9.17, 15) is 15.0 Å². The quantitative estimate of drug-likeness (QED) is 0.735. The molecular weight excluding hydrogens is 270 g/mol. The molecule has 0 aliphatic heterocycles. The van der Waals surface area contributed by atoms with E-state index in [0.717, 1.165) is 0 Å². The molecule has 0 atom stereocenters. The fourth-order valence-corrected chi connectivity index (χ4v) is 1.78. The van der Waals surface area contributed by atoms with Gasteiger partial charge in [-0.1, -0.05) is 18.5 Å². The highest BCUT2D eigenvalue weighted by Crippen LogP contribution is 2.23. The van der Waals surface area contributed by atoms with Crippen molar-refractivity contribution in [3.8, 4) is 5.75 Å². The van der Waals surface area contributed by atoms with E-state index in [1.807, 2.05) is 0 Å². The summed E-state index contributed by atoms with van der Waals surface area (Å²) >= 11 is 5.86. The summed E-state index contributed by atoms with van der Waals surface area (Å²) in [6.45, 7) is 1.06. The first kappa shape index (κ1) is 15.8. The van der Waals surface area contributed by atoms with Gasteiger partial charge in [-0.2, -0.15) is 0 Å². The Morgan fingerprint density at radius 1 is 1.42 bits per heavy atom. The Bertz CT molecular complexity index is 438. The number of methoxy groups -OCH3 is 1. The number of benzene rings is 1. The summed E-state index contributed by atoms with van der Waals surface area (Å²) in [5, 5.41) is 21.7. The molecule has 19 heavy (non-hydrogen) atoms. The van der Waals surface area contributed by atoms with E-state index < -0.39 is 11.4 Å². The van der Waals surface area contributed by atoms with E-state index in [1.54, 1.807) is 19.1 Å². The van der Waals surface area contributed by atoms with Gasteiger partial charge in [0.05, 0.1) is 31.4 Å². The number of aliphatic hydroxyl groups is 2. The third kappa shape index (κ3) is 3.59. The van der Waals surface area contributed by atoms with Crippen LogP contribution in [0.2, 0.25) is 5.02 Å². The number of hydrogen-bond donors (Lipinski definition) is 3. The summed E-state index contributed by atoms with van der Waals surface area (Å²) in [4.78, 5) is 12.2. The molecule has 6 heteroatoms. The molecule has 5 nitrogen and oxygen atoms in total. The monoisotopic (exact) mass is 287 g/mol. The minimum atomic E-state index is -1.05. The number of carbonyl (C=O) groups is 1. The Labute approximate surface area is 117 Å². The highest BCUT2D eigenvalue weighted by molar-refractivity contribution is 6.31. The number of aliphatic hydroxyl groups excluding tert-OH is 2. The maximum absolute atomic E-state index is 12.2. The summed E-state index contributed by atoms with van der Waals surface area (Å²) in [6.07, 6.45) is 0.397. The zero-order valence-corrected chi connectivity index (χ0v) is 11.7. The molecule has 0 spiro atoms. The van der Waals surface area contributed by atoms with Gasteiger partial charge in [0.15, 0.2) is 0 Å². The number of amides is 1. The molecule has 0 radical (unpaired) electrons. The summed E-state index contributed by atoms with van der Waals surface area (Å²) in [6, 6.07) is 4.68. The van der Waals surface area contributed by atoms with Crippen LogP contribution in [0.4, 0.5) is 0 Å². The van der Waals surface area contributed by atoms with Crippen LogP contribution < -0.4 is 10.1 Å². The maximum atomic E-state index is 12.2. The number of rotatable bonds is 6. The lowest BCUT2D eigenvalue weighted by Crippen LogP contribution is -2.53. The Balaban J connectivity index is 3.03. The third-order valence-electron chi connectivity index (χ3n) is 3.07. The first-order chi connectivity index (χ1) is 9.01. The van der Waals surface area contributed by atoms with Crippen LogP contribution in [-0.4, -0.2) is 42.0 Å². The van der Waals surface area contributed by atoms with Crippen LogP contribution >= 0.6 is 11.6 Å². The van der Waals surface area contributed by atoms with E-state index in [4.69, 9.17) is 16.3 Å². The summed E-state index contributed by atoms with van der Waals surface area (Å²) in [5.41, 5.74) is -0.792. The highest BCUT2D eigenvalue weighted by atomic mass is 35.5. The molecule has 0 heterocycles. The van der Waals surface area contributed by atoms with Crippen molar-refractivity contribution < 1.29 is 19.7 Å². The number of nitrogens with one attached hydrogen (secondary N) is 1. The average Bonchev–Trinajstić information content (AvgIpc) is 2.44. The van der Waals surface area contributed by atoms with E-state index in [-0.39, 0.29) is 18.8 Å². The average molecular weight is 288 g/mol. The molecule has 1 amide bonds. The molecule has 0 fully saturated rings. The van der Waals surface area contributed by atoms with Gasteiger partial charge in [-0.05, 0) is 24.6 Å². The van der Waals surface area contributed by atoms with Crippen molar-refractivity contribution in [1.82, 2.24) is 5.32 Å². The third-order valence-corrected chi connectivity index (χ3v) is 3.30. The Morgan fingerprint density at radius 3 is 2.53 bits per heavy atom. The van der Waals surface area contributed by atoms with Gasteiger partial charge in [-0.25, -0.2) is 0 Å². The molecule has 3 N–H and O–H groups in total. The minimum Gasteiger partial charge on any atom is -0.496 e. The van der Waals surface area contributed by atoms with E-state index in [1.165, 1.54) is 13.2 Å². The zero-order chi connectivity index (χ0) is 14.5. The fourth-order valence-electron chi connectivity index (χ4n) is 1.61. The van der Waals surface area contributed by atoms with Crippen LogP contribution in [0, 0.1) is 0 Å². The maximum Gasteiger partial charge on any atom is 0.255 e. The van der Waals surface area contributed by atoms with Crippen LogP contribution in [0.15, 0.2) is 18.2 Å². The first-order valence-electron chi connectivity index (χ1n) is 5.89. The topological polar surface area (TPSA) is 78.8 Å². The van der Waals surface area contributed by atoms with Crippen molar-refractivity contribution in [1.29, 1.82) is 0 Å². The lowest BCUT2D eigenvalue weighted by atomic mass is 9.97. The molecule has 0 aliphatic rings. The lowest BCUT2D eigenvalue weighted by molar-refractivity contribution is 0.0650. The predicted molar refractivity (Wildman–Crippen MR) is 72.7 cm³/mol. The molecule has 1 rings (SSSR count).